The molecular weight excluding hydrogens is 202 g/mol. The lowest BCUT2D eigenvalue weighted by Crippen LogP contribution is -2.52. The van der Waals surface area contributed by atoms with E-state index in [1.54, 1.807) is 0 Å². The van der Waals surface area contributed by atoms with Crippen LogP contribution in [0.1, 0.15) is 0 Å². The molecule has 1 fully saturated rings. The van der Waals surface area contributed by atoms with Gasteiger partial charge in [-0.2, -0.15) is 0 Å². The Labute approximate surface area is 87.2 Å². The standard InChI is InChI=1S/C8H15N3O4/c9-1-2-10-8(14)11-3-4-15-6(5-11)7(12)13/h6H,1-5,9H2,(H,10,14)(H,12,13). The zero-order chi connectivity index (χ0) is 11.3. The van der Waals surface area contributed by atoms with E-state index >= 15 is 0 Å². The molecule has 0 saturated carbocycles. The van der Waals surface area contributed by atoms with Crippen LogP contribution in [0.25, 0.3) is 0 Å². The Bertz CT molecular complexity index is 246. The second kappa shape index (κ2) is 5.52. The Morgan fingerprint density at radius 3 is 2.93 bits per heavy atom. The summed E-state index contributed by atoms with van der Waals surface area (Å²) in [7, 11) is 0. The first-order valence-electron chi connectivity index (χ1n) is 4.72. The van der Waals surface area contributed by atoms with Gasteiger partial charge in [0.05, 0.1) is 13.2 Å². The maximum absolute atomic E-state index is 11.4. The van der Waals surface area contributed by atoms with E-state index in [0.717, 1.165) is 0 Å². The summed E-state index contributed by atoms with van der Waals surface area (Å²) in [5, 5.41) is 11.3. The van der Waals surface area contributed by atoms with Crippen LogP contribution in [0.4, 0.5) is 4.79 Å². The highest BCUT2D eigenvalue weighted by Crippen LogP contribution is 2.05. The molecule has 0 aromatic heterocycles. The van der Waals surface area contributed by atoms with E-state index in [4.69, 9.17) is 15.6 Å². The molecule has 1 saturated heterocycles. The van der Waals surface area contributed by atoms with Gasteiger partial charge in [-0.15, -0.1) is 0 Å². The van der Waals surface area contributed by atoms with Crippen molar-refractivity contribution in [3.63, 3.8) is 0 Å². The molecule has 1 heterocycles. The van der Waals surface area contributed by atoms with Crippen LogP contribution in [-0.4, -0.2) is 60.9 Å². The Balaban J connectivity index is 2.41. The number of hydrogen-bond donors (Lipinski definition) is 3. The predicted molar refractivity (Wildman–Crippen MR) is 51.4 cm³/mol. The highest BCUT2D eigenvalue weighted by atomic mass is 16.5. The molecule has 1 aliphatic rings. The largest absolute Gasteiger partial charge is 0.479 e. The van der Waals surface area contributed by atoms with Gasteiger partial charge in [0.25, 0.3) is 0 Å². The number of nitrogens with one attached hydrogen (secondary N) is 1. The van der Waals surface area contributed by atoms with E-state index < -0.39 is 12.1 Å². The van der Waals surface area contributed by atoms with Crippen molar-refractivity contribution in [2.24, 2.45) is 5.73 Å². The monoisotopic (exact) mass is 217 g/mol. The molecule has 0 aromatic carbocycles. The molecule has 0 aliphatic carbocycles. The average molecular weight is 217 g/mol. The molecular formula is C8H15N3O4. The maximum Gasteiger partial charge on any atom is 0.334 e. The molecule has 7 heteroatoms. The van der Waals surface area contributed by atoms with Gasteiger partial charge in [0.15, 0.2) is 6.10 Å². The zero-order valence-corrected chi connectivity index (χ0v) is 8.31. The number of nitrogens with two attached hydrogens (primary N) is 1. The summed E-state index contributed by atoms with van der Waals surface area (Å²) in [5.41, 5.74) is 5.23. The minimum Gasteiger partial charge on any atom is -0.479 e. The minimum atomic E-state index is -1.05. The summed E-state index contributed by atoms with van der Waals surface area (Å²) in [4.78, 5) is 23.5. The number of carboxylic acids is 1. The summed E-state index contributed by atoms with van der Waals surface area (Å²) in [6.07, 6.45) is -0.928. The van der Waals surface area contributed by atoms with Crippen molar-refractivity contribution < 1.29 is 19.4 Å². The van der Waals surface area contributed by atoms with Crippen molar-refractivity contribution in [3.8, 4) is 0 Å². The number of rotatable bonds is 3. The molecule has 1 rings (SSSR count). The van der Waals surface area contributed by atoms with Crippen molar-refractivity contribution in [1.82, 2.24) is 10.2 Å². The number of hydrogen-bond acceptors (Lipinski definition) is 4. The Morgan fingerprint density at radius 2 is 2.33 bits per heavy atom. The van der Waals surface area contributed by atoms with Crippen LogP contribution >= 0.6 is 0 Å². The zero-order valence-electron chi connectivity index (χ0n) is 8.31. The van der Waals surface area contributed by atoms with Crippen LogP contribution in [0.2, 0.25) is 0 Å². The lowest BCUT2D eigenvalue weighted by molar-refractivity contribution is -0.154. The SMILES string of the molecule is NCCNC(=O)N1CCOC(C(=O)O)C1. The van der Waals surface area contributed by atoms with E-state index in [9.17, 15) is 9.59 Å². The van der Waals surface area contributed by atoms with Gasteiger partial charge in [-0.3, -0.25) is 0 Å². The molecule has 15 heavy (non-hydrogen) atoms. The van der Waals surface area contributed by atoms with E-state index in [2.05, 4.69) is 5.32 Å². The van der Waals surface area contributed by atoms with E-state index in [1.165, 1.54) is 4.90 Å². The quantitative estimate of drug-likeness (QED) is 0.530. The number of carbonyl (C=O) groups is 2. The van der Waals surface area contributed by atoms with Crippen molar-refractivity contribution in [2.45, 2.75) is 6.10 Å². The first-order valence-corrected chi connectivity index (χ1v) is 4.72. The van der Waals surface area contributed by atoms with Gasteiger partial charge in [-0.05, 0) is 0 Å². The van der Waals surface area contributed by atoms with Crippen molar-refractivity contribution in [2.75, 3.05) is 32.8 Å². The Morgan fingerprint density at radius 1 is 1.60 bits per heavy atom. The van der Waals surface area contributed by atoms with Gasteiger partial charge < -0.3 is 25.8 Å². The van der Waals surface area contributed by atoms with Gasteiger partial charge in [0, 0.05) is 19.6 Å². The number of carboxylic acid groups (broad SMARTS) is 1. The molecule has 0 spiro atoms. The molecule has 4 N–H and O–H groups in total. The number of morpholine rings is 1. The molecule has 2 amide bonds. The number of ether oxygens (including phenoxy) is 1. The summed E-state index contributed by atoms with van der Waals surface area (Å²) in [5.74, 6) is -1.05. The second-order valence-corrected chi connectivity index (χ2v) is 3.16. The molecule has 1 aliphatic heterocycles. The van der Waals surface area contributed by atoms with Crippen molar-refractivity contribution in [1.29, 1.82) is 0 Å². The summed E-state index contributed by atoms with van der Waals surface area (Å²) < 4.78 is 4.98. The minimum absolute atomic E-state index is 0.0751. The number of nitrogens with zero attached hydrogens (tertiary/aromatic N) is 1. The van der Waals surface area contributed by atoms with Gasteiger partial charge >= 0.3 is 12.0 Å². The lowest BCUT2D eigenvalue weighted by atomic mass is 10.3. The maximum atomic E-state index is 11.4. The summed E-state index contributed by atoms with van der Waals surface area (Å²) in [6, 6.07) is -0.296. The van der Waals surface area contributed by atoms with Gasteiger partial charge in [-0.1, -0.05) is 0 Å². The Kier molecular flexibility index (Phi) is 4.32. The second-order valence-electron chi connectivity index (χ2n) is 3.16. The molecule has 86 valence electrons. The number of aliphatic carboxylic acids is 1. The smallest absolute Gasteiger partial charge is 0.334 e. The fraction of sp³-hybridized carbons (Fsp3) is 0.750. The van der Waals surface area contributed by atoms with Crippen LogP contribution in [0.3, 0.4) is 0 Å². The van der Waals surface area contributed by atoms with E-state index in [-0.39, 0.29) is 19.2 Å². The fourth-order valence-electron chi connectivity index (χ4n) is 1.27. The topological polar surface area (TPSA) is 105 Å². The number of carbonyl (C=O) groups excluding carboxylic acids is 1. The highest BCUT2D eigenvalue weighted by Gasteiger charge is 2.28. The molecule has 1 atom stereocenters. The molecule has 0 radical (unpaired) electrons. The van der Waals surface area contributed by atoms with Crippen LogP contribution < -0.4 is 11.1 Å². The van der Waals surface area contributed by atoms with Gasteiger partial charge in [0.1, 0.15) is 0 Å². The van der Waals surface area contributed by atoms with Crippen LogP contribution in [0.5, 0.6) is 0 Å². The van der Waals surface area contributed by atoms with E-state index in [1.807, 2.05) is 0 Å². The summed E-state index contributed by atoms with van der Waals surface area (Å²) >= 11 is 0. The molecule has 0 aromatic rings. The lowest BCUT2D eigenvalue weighted by Gasteiger charge is -2.30. The molecule has 1 unspecified atom stereocenters. The van der Waals surface area contributed by atoms with Gasteiger partial charge in [-0.25, -0.2) is 9.59 Å². The number of amides is 2. The van der Waals surface area contributed by atoms with Crippen molar-refractivity contribution in [3.05, 3.63) is 0 Å². The molecule has 0 bridgehead atoms. The first kappa shape index (κ1) is 11.7. The highest BCUT2D eigenvalue weighted by molar-refractivity contribution is 5.77. The first-order chi connectivity index (χ1) is 7.15. The third-order valence-corrected chi connectivity index (χ3v) is 2.05. The van der Waals surface area contributed by atoms with Gasteiger partial charge in [0.2, 0.25) is 0 Å². The number of urea groups is 1. The van der Waals surface area contributed by atoms with E-state index in [0.29, 0.717) is 19.6 Å². The van der Waals surface area contributed by atoms with Crippen LogP contribution in [-0.2, 0) is 9.53 Å². The third kappa shape index (κ3) is 3.37. The fourth-order valence-corrected chi connectivity index (χ4v) is 1.27. The predicted octanol–water partition coefficient (Wildman–Crippen LogP) is -1.56. The average Bonchev–Trinajstić information content (AvgIpc) is 2.26. The van der Waals surface area contributed by atoms with Crippen LogP contribution in [0.15, 0.2) is 0 Å². The van der Waals surface area contributed by atoms with Crippen LogP contribution in [0, 0.1) is 0 Å². The molecule has 7 nitrogen and oxygen atoms in total. The van der Waals surface area contributed by atoms with Crippen molar-refractivity contribution >= 4 is 12.0 Å². The Hall–Kier alpha value is -1.34. The summed E-state index contributed by atoms with van der Waals surface area (Å²) in [6.45, 7) is 1.46. The normalized spacial score (nSPS) is 21.1. The third-order valence-electron chi connectivity index (χ3n) is 2.05.